The first-order valence-corrected chi connectivity index (χ1v) is 5.56. The van der Waals surface area contributed by atoms with Crippen molar-refractivity contribution in [3.63, 3.8) is 0 Å². The van der Waals surface area contributed by atoms with Gasteiger partial charge in [0.05, 0.1) is 5.02 Å². The molecule has 18 heavy (non-hydrogen) atoms. The maximum atomic E-state index is 13.3. The monoisotopic (exact) mass is 269 g/mol. The molecule has 94 valence electrons. The summed E-state index contributed by atoms with van der Waals surface area (Å²) in [5, 5.41) is 12.4. The van der Waals surface area contributed by atoms with Crippen LogP contribution in [0.25, 0.3) is 11.3 Å². The fourth-order valence-electron chi connectivity index (χ4n) is 1.56. The summed E-state index contributed by atoms with van der Waals surface area (Å²) in [5.41, 5.74) is 1.57. The number of carboxylic acids is 1. The lowest BCUT2D eigenvalue weighted by molar-refractivity contribution is -0.136. The van der Waals surface area contributed by atoms with Gasteiger partial charge in [0.2, 0.25) is 0 Å². The van der Waals surface area contributed by atoms with Crippen molar-refractivity contribution in [2.24, 2.45) is 0 Å². The summed E-state index contributed by atoms with van der Waals surface area (Å²) in [4.78, 5) is 10.5. The van der Waals surface area contributed by atoms with Crippen molar-refractivity contribution >= 4 is 17.6 Å². The zero-order valence-electron chi connectivity index (χ0n) is 9.19. The van der Waals surface area contributed by atoms with Crippen LogP contribution in [0, 0.1) is 5.82 Å². The van der Waals surface area contributed by atoms with E-state index in [1.165, 1.54) is 18.4 Å². The Balaban J connectivity index is 2.30. The molecule has 1 heterocycles. The largest absolute Gasteiger partial charge is 0.481 e. The highest BCUT2D eigenvalue weighted by atomic mass is 35.5. The summed E-state index contributed by atoms with van der Waals surface area (Å²) in [5.74, 6) is -1.47. The van der Waals surface area contributed by atoms with E-state index in [1.54, 1.807) is 6.07 Å². The minimum Gasteiger partial charge on any atom is -0.481 e. The third-order valence-corrected chi connectivity index (χ3v) is 2.75. The molecule has 2 rings (SSSR count). The molecule has 6 heteroatoms. The van der Waals surface area contributed by atoms with Crippen molar-refractivity contribution in [2.45, 2.75) is 12.8 Å². The zero-order valence-corrected chi connectivity index (χ0v) is 9.95. The molecule has 0 atom stereocenters. The van der Waals surface area contributed by atoms with Gasteiger partial charge in [-0.05, 0) is 18.6 Å². The van der Waals surface area contributed by atoms with E-state index in [4.69, 9.17) is 21.2 Å². The number of hydrogen-bond donors (Lipinski definition) is 1. The van der Waals surface area contributed by atoms with Gasteiger partial charge >= 0.3 is 5.97 Å². The molecule has 4 nitrogen and oxygen atoms in total. The number of aliphatic carboxylic acids is 1. The number of hydrogen-bond acceptors (Lipinski definition) is 3. The molecule has 0 spiro atoms. The molecule has 1 N–H and O–H groups in total. The molecule has 2 aromatic rings. The van der Waals surface area contributed by atoms with E-state index in [9.17, 15) is 9.18 Å². The minimum atomic E-state index is -0.913. The Morgan fingerprint density at radius 2 is 2.28 bits per heavy atom. The quantitative estimate of drug-likeness (QED) is 0.926. The molecule has 0 amide bonds. The number of nitrogens with zero attached hydrogens (tertiary/aromatic N) is 1. The van der Waals surface area contributed by atoms with Crippen LogP contribution in [0.3, 0.4) is 0 Å². The fraction of sp³-hybridized carbons (Fsp3) is 0.167. The van der Waals surface area contributed by atoms with Gasteiger partial charge in [-0.25, -0.2) is 4.39 Å². The Kier molecular flexibility index (Phi) is 3.62. The molecular weight excluding hydrogens is 261 g/mol. The van der Waals surface area contributed by atoms with Crippen molar-refractivity contribution in [1.29, 1.82) is 0 Å². The molecule has 0 radical (unpaired) electrons. The Morgan fingerprint density at radius 3 is 2.94 bits per heavy atom. The second-order valence-corrected chi connectivity index (χ2v) is 4.12. The lowest BCUT2D eigenvalue weighted by Crippen LogP contribution is -1.98. The van der Waals surface area contributed by atoms with E-state index >= 15 is 0 Å². The van der Waals surface area contributed by atoms with Crippen LogP contribution < -0.4 is 0 Å². The van der Waals surface area contributed by atoms with Gasteiger partial charge in [-0.2, -0.15) is 0 Å². The smallest absolute Gasteiger partial charge is 0.303 e. The molecular formula is C12H9ClFNO3. The summed E-state index contributed by atoms with van der Waals surface area (Å²) in [7, 11) is 0. The average Bonchev–Trinajstić information content (AvgIpc) is 2.78. The molecule has 0 aliphatic heterocycles. The number of halogens is 2. The van der Waals surface area contributed by atoms with E-state index in [2.05, 4.69) is 5.16 Å². The van der Waals surface area contributed by atoms with Crippen molar-refractivity contribution < 1.29 is 18.8 Å². The first kappa shape index (κ1) is 12.6. The van der Waals surface area contributed by atoms with Gasteiger partial charge in [0, 0.05) is 17.5 Å². The van der Waals surface area contributed by atoms with Crippen LogP contribution in [0.2, 0.25) is 5.02 Å². The van der Waals surface area contributed by atoms with Crippen LogP contribution in [0.1, 0.15) is 12.0 Å². The SMILES string of the molecule is O=C(O)CCc1conc1-c1ccc(Cl)c(F)c1. The lowest BCUT2D eigenvalue weighted by Gasteiger charge is -2.01. The molecule has 0 aliphatic rings. The summed E-state index contributed by atoms with van der Waals surface area (Å²) in [6.07, 6.45) is 1.60. The van der Waals surface area contributed by atoms with Crippen molar-refractivity contribution in [3.05, 3.63) is 40.9 Å². The Labute approximate surface area is 107 Å². The first-order chi connectivity index (χ1) is 8.58. The van der Waals surface area contributed by atoms with Gasteiger partial charge in [0.15, 0.2) is 0 Å². The maximum absolute atomic E-state index is 13.3. The summed E-state index contributed by atoms with van der Waals surface area (Å²) >= 11 is 5.59. The molecule has 0 saturated heterocycles. The van der Waals surface area contributed by atoms with Gasteiger partial charge < -0.3 is 9.63 Å². The first-order valence-electron chi connectivity index (χ1n) is 5.18. The van der Waals surface area contributed by atoms with Crippen LogP contribution in [0.4, 0.5) is 4.39 Å². The highest BCUT2D eigenvalue weighted by molar-refractivity contribution is 6.30. The highest BCUT2D eigenvalue weighted by Crippen LogP contribution is 2.26. The maximum Gasteiger partial charge on any atom is 0.303 e. The van der Waals surface area contributed by atoms with Crippen molar-refractivity contribution in [2.75, 3.05) is 0 Å². The molecule has 0 aliphatic carbocycles. The predicted octanol–water partition coefficient (Wildman–Crippen LogP) is 3.15. The van der Waals surface area contributed by atoms with E-state index in [-0.39, 0.29) is 17.9 Å². The number of benzene rings is 1. The molecule has 0 saturated carbocycles. The van der Waals surface area contributed by atoms with Crippen molar-refractivity contribution in [1.82, 2.24) is 5.16 Å². The second kappa shape index (κ2) is 5.18. The highest BCUT2D eigenvalue weighted by Gasteiger charge is 2.13. The third kappa shape index (κ3) is 2.68. The molecule has 1 aromatic heterocycles. The van der Waals surface area contributed by atoms with E-state index < -0.39 is 11.8 Å². The Morgan fingerprint density at radius 1 is 1.50 bits per heavy atom. The number of aromatic nitrogens is 1. The summed E-state index contributed by atoms with van der Waals surface area (Å²) < 4.78 is 18.1. The summed E-state index contributed by atoms with van der Waals surface area (Å²) in [6.45, 7) is 0. The molecule has 0 fully saturated rings. The van der Waals surface area contributed by atoms with E-state index in [0.717, 1.165) is 0 Å². The molecule has 1 aromatic carbocycles. The topological polar surface area (TPSA) is 63.3 Å². The Bertz CT molecular complexity index is 582. The van der Waals surface area contributed by atoms with Crippen LogP contribution in [0.15, 0.2) is 29.0 Å². The van der Waals surface area contributed by atoms with Crippen LogP contribution in [0.5, 0.6) is 0 Å². The van der Waals surface area contributed by atoms with Crippen molar-refractivity contribution in [3.8, 4) is 11.3 Å². The van der Waals surface area contributed by atoms with Crippen LogP contribution in [-0.2, 0) is 11.2 Å². The predicted molar refractivity (Wildman–Crippen MR) is 62.9 cm³/mol. The average molecular weight is 270 g/mol. The summed E-state index contributed by atoms with van der Waals surface area (Å²) in [6, 6.07) is 4.26. The van der Waals surface area contributed by atoms with Gasteiger partial charge in [0.1, 0.15) is 17.8 Å². The minimum absolute atomic E-state index is 0.0225. The number of rotatable bonds is 4. The van der Waals surface area contributed by atoms with Crippen LogP contribution >= 0.6 is 11.6 Å². The van der Waals surface area contributed by atoms with E-state index in [1.807, 2.05) is 0 Å². The second-order valence-electron chi connectivity index (χ2n) is 3.71. The molecule has 0 bridgehead atoms. The number of carbonyl (C=O) groups is 1. The normalized spacial score (nSPS) is 10.6. The van der Waals surface area contributed by atoms with Gasteiger partial charge in [-0.1, -0.05) is 22.8 Å². The molecule has 0 unspecified atom stereocenters. The lowest BCUT2D eigenvalue weighted by atomic mass is 10.0. The Hall–Kier alpha value is -1.88. The fourth-order valence-corrected chi connectivity index (χ4v) is 1.68. The standard InChI is InChI=1S/C12H9ClFNO3/c13-9-3-1-7(5-10(9)14)12-8(6-18-15-12)2-4-11(16)17/h1,3,5-6H,2,4H2,(H,16,17). The zero-order chi connectivity index (χ0) is 13.1. The number of aryl methyl sites for hydroxylation is 1. The van der Waals surface area contributed by atoms with E-state index in [0.29, 0.717) is 16.8 Å². The van der Waals surface area contributed by atoms with Gasteiger partial charge in [0.25, 0.3) is 0 Å². The van der Waals surface area contributed by atoms with Gasteiger partial charge in [-0.15, -0.1) is 0 Å². The van der Waals surface area contributed by atoms with Crippen LogP contribution in [-0.4, -0.2) is 16.2 Å². The van der Waals surface area contributed by atoms with Gasteiger partial charge in [-0.3, -0.25) is 4.79 Å². The number of carboxylic acid groups (broad SMARTS) is 1. The third-order valence-electron chi connectivity index (χ3n) is 2.44.